The first-order valence-electron chi connectivity index (χ1n) is 6.68. The lowest BCUT2D eigenvalue weighted by Crippen LogP contribution is -2.22. The van der Waals surface area contributed by atoms with E-state index in [1.165, 1.54) is 24.0 Å². The molecule has 3 heteroatoms. The van der Waals surface area contributed by atoms with Gasteiger partial charge in [-0.05, 0) is 50.4 Å². The van der Waals surface area contributed by atoms with E-state index in [4.69, 9.17) is 9.47 Å². The van der Waals surface area contributed by atoms with E-state index in [1.54, 1.807) is 7.11 Å². The fourth-order valence-corrected chi connectivity index (χ4v) is 2.63. The van der Waals surface area contributed by atoms with Gasteiger partial charge in [-0.1, -0.05) is 12.1 Å². The number of rotatable bonds is 5. The molecule has 0 amide bonds. The molecule has 2 atom stereocenters. The predicted octanol–water partition coefficient (Wildman–Crippen LogP) is 2.83. The van der Waals surface area contributed by atoms with Gasteiger partial charge in [0, 0.05) is 12.6 Å². The molecule has 2 rings (SSSR count). The zero-order chi connectivity index (χ0) is 13.0. The van der Waals surface area contributed by atoms with Gasteiger partial charge < -0.3 is 14.8 Å². The Morgan fingerprint density at radius 2 is 2.33 bits per heavy atom. The van der Waals surface area contributed by atoms with E-state index in [2.05, 4.69) is 24.4 Å². The van der Waals surface area contributed by atoms with Gasteiger partial charge in [-0.3, -0.25) is 0 Å². The molecule has 0 bridgehead atoms. The molecule has 1 aromatic carbocycles. The molecule has 1 aliphatic rings. The van der Waals surface area contributed by atoms with Crippen LogP contribution in [0.3, 0.4) is 0 Å². The van der Waals surface area contributed by atoms with Crippen LogP contribution in [0.25, 0.3) is 0 Å². The summed E-state index contributed by atoms with van der Waals surface area (Å²) in [6, 6.07) is 6.75. The highest BCUT2D eigenvalue weighted by Crippen LogP contribution is 2.28. The van der Waals surface area contributed by atoms with Crippen LogP contribution in [0.4, 0.5) is 0 Å². The molecule has 0 radical (unpaired) electrons. The summed E-state index contributed by atoms with van der Waals surface area (Å²) >= 11 is 0. The summed E-state index contributed by atoms with van der Waals surface area (Å²) in [6.45, 7) is 3.00. The first-order chi connectivity index (χ1) is 8.74. The highest BCUT2D eigenvalue weighted by Gasteiger charge is 2.21. The van der Waals surface area contributed by atoms with Crippen molar-refractivity contribution in [1.29, 1.82) is 0 Å². The van der Waals surface area contributed by atoms with Crippen LogP contribution in [0.1, 0.15) is 36.4 Å². The highest BCUT2D eigenvalue weighted by molar-refractivity contribution is 5.37. The third-order valence-electron chi connectivity index (χ3n) is 3.69. The molecule has 100 valence electrons. The van der Waals surface area contributed by atoms with Crippen molar-refractivity contribution in [2.24, 2.45) is 0 Å². The number of hydrogen-bond donors (Lipinski definition) is 1. The Morgan fingerprint density at radius 3 is 2.89 bits per heavy atom. The zero-order valence-electron chi connectivity index (χ0n) is 11.5. The van der Waals surface area contributed by atoms with Gasteiger partial charge in [-0.2, -0.15) is 0 Å². The second-order valence-corrected chi connectivity index (χ2v) is 4.94. The van der Waals surface area contributed by atoms with Gasteiger partial charge in [-0.15, -0.1) is 0 Å². The molecule has 1 fully saturated rings. The summed E-state index contributed by atoms with van der Waals surface area (Å²) in [6.07, 6.45) is 3.84. The lowest BCUT2D eigenvalue weighted by atomic mass is 9.98. The van der Waals surface area contributed by atoms with E-state index in [0.717, 1.165) is 18.8 Å². The minimum Gasteiger partial charge on any atom is -0.496 e. The van der Waals surface area contributed by atoms with Crippen LogP contribution in [-0.2, 0) is 4.74 Å². The molecule has 1 N–H and O–H groups in total. The standard InChI is InChI=1S/C15H23NO2/c1-11-9-12(6-7-15(11)17-3)14(16-2)10-13-5-4-8-18-13/h6-7,9,13-14,16H,4-5,8,10H2,1-3H3. The summed E-state index contributed by atoms with van der Waals surface area (Å²) in [7, 11) is 3.73. The van der Waals surface area contributed by atoms with Crippen molar-refractivity contribution >= 4 is 0 Å². The quantitative estimate of drug-likeness (QED) is 0.870. The SMILES string of the molecule is CNC(CC1CCCO1)c1ccc(OC)c(C)c1. The van der Waals surface area contributed by atoms with Crippen LogP contribution >= 0.6 is 0 Å². The predicted molar refractivity (Wildman–Crippen MR) is 73.1 cm³/mol. The van der Waals surface area contributed by atoms with E-state index in [-0.39, 0.29) is 0 Å². The second kappa shape index (κ2) is 6.21. The number of methoxy groups -OCH3 is 1. The molecule has 0 aromatic heterocycles. The molecule has 0 saturated carbocycles. The van der Waals surface area contributed by atoms with Gasteiger partial charge in [0.05, 0.1) is 13.2 Å². The minimum atomic E-state index is 0.359. The maximum atomic E-state index is 5.72. The summed E-state index contributed by atoms with van der Waals surface area (Å²) in [5, 5.41) is 3.39. The fraction of sp³-hybridized carbons (Fsp3) is 0.600. The Bertz CT molecular complexity index is 386. The molecular weight excluding hydrogens is 226 g/mol. The molecule has 1 heterocycles. The van der Waals surface area contributed by atoms with Gasteiger partial charge in [0.25, 0.3) is 0 Å². The second-order valence-electron chi connectivity index (χ2n) is 4.94. The third-order valence-corrected chi connectivity index (χ3v) is 3.69. The third kappa shape index (κ3) is 3.03. The van der Waals surface area contributed by atoms with Crippen molar-refractivity contribution < 1.29 is 9.47 Å². The molecule has 18 heavy (non-hydrogen) atoms. The molecule has 2 unspecified atom stereocenters. The van der Waals surface area contributed by atoms with Crippen molar-refractivity contribution in [3.05, 3.63) is 29.3 Å². The topological polar surface area (TPSA) is 30.5 Å². The van der Waals surface area contributed by atoms with Crippen molar-refractivity contribution in [2.75, 3.05) is 20.8 Å². The first-order valence-corrected chi connectivity index (χ1v) is 6.68. The molecular formula is C15H23NO2. The van der Waals surface area contributed by atoms with Crippen LogP contribution < -0.4 is 10.1 Å². The maximum Gasteiger partial charge on any atom is 0.121 e. The Kier molecular flexibility index (Phi) is 4.61. The first kappa shape index (κ1) is 13.4. The largest absolute Gasteiger partial charge is 0.496 e. The summed E-state index contributed by atoms with van der Waals surface area (Å²) in [5.41, 5.74) is 2.49. The van der Waals surface area contributed by atoms with E-state index in [9.17, 15) is 0 Å². The minimum absolute atomic E-state index is 0.359. The molecule has 1 saturated heterocycles. The van der Waals surface area contributed by atoms with Crippen molar-refractivity contribution in [3.8, 4) is 5.75 Å². The molecule has 0 spiro atoms. The Morgan fingerprint density at radius 1 is 1.50 bits per heavy atom. The van der Waals surface area contributed by atoms with Gasteiger partial charge in [-0.25, -0.2) is 0 Å². The van der Waals surface area contributed by atoms with E-state index in [1.807, 2.05) is 13.1 Å². The summed E-state index contributed by atoms with van der Waals surface area (Å²) < 4.78 is 11.0. The van der Waals surface area contributed by atoms with Crippen LogP contribution in [-0.4, -0.2) is 26.9 Å². The smallest absolute Gasteiger partial charge is 0.121 e. The highest BCUT2D eigenvalue weighted by atomic mass is 16.5. The van der Waals surface area contributed by atoms with Crippen LogP contribution in [0, 0.1) is 6.92 Å². The number of hydrogen-bond acceptors (Lipinski definition) is 3. The van der Waals surface area contributed by atoms with Gasteiger partial charge in [0.1, 0.15) is 5.75 Å². The Labute approximate surface area is 109 Å². The summed E-state index contributed by atoms with van der Waals surface area (Å²) in [5.74, 6) is 0.950. The van der Waals surface area contributed by atoms with Crippen LogP contribution in [0.5, 0.6) is 5.75 Å². The molecule has 1 aromatic rings. The van der Waals surface area contributed by atoms with Crippen molar-refractivity contribution in [1.82, 2.24) is 5.32 Å². The average Bonchev–Trinajstić information content (AvgIpc) is 2.88. The van der Waals surface area contributed by atoms with Crippen molar-refractivity contribution in [3.63, 3.8) is 0 Å². The van der Waals surface area contributed by atoms with E-state index < -0.39 is 0 Å². The average molecular weight is 249 g/mol. The Hall–Kier alpha value is -1.06. The fourth-order valence-electron chi connectivity index (χ4n) is 2.63. The molecule has 1 aliphatic heterocycles. The maximum absolute atomic E-state index is 5.72. The summed E-state index contributed by atoms with van der Waals surface area (Å²) in [4.78, 5) is 0. The van der Waals surface area contributed by atoms with Gasteiger partial charge in [0.2, 0.25) is 0 Å². The molecule has 3 nitrogen and oxygen atoms in total. The number of nitrogens with one attached hydrogen (secondary N) is 1. The van der Waals surface area contributed by atoms with Crippen LogP contribution in [0.2, 0.25) is 0 Å². The lowest BCUT2D eigenvalue weighted by Gasteiger charge is -2.21. The van der Waals surface area contributed by atoms with Crippen LogP contribution in [0.15, 0.2) is 18.2 Å². The number of ether oxygens (including phenoxy) is 2. The van der Waals surface area contributed by atoms with Gasteiger partial charge >= 0.3 is 0 Å². The van der Waals surface area contributed by atoms with Gasteiger partial charge in [0.15, 0.2) is 0 Å². The normalized spacial score (nSPS) is 20.9. The van der Waals surface area contributed by atoms with Crippen molar-refractivity contribution in [2.45, 2.75) is 38.3 Å². The number of aryl methyl sites for hydroxylation is 1. The van der Waals surface area contributed by atoms with E-state index >= 15 is 0 Å². The Balaban J connectivity index is 2.08. The van der Waals surface area contributed by atoms with E-state index in [0.29, 0.717) is 12.1 Å². The lowest BCUT2D eigenvalue weighted by molar-refractivity contribution is 0.0954. The molecule has 0 aliphatic carbocycles. The number of benzene rings is 1. The monoisotopic (exact) mass is 249 g/mol. The zero-order valence-corrected chi connectivity index (χ0v) is 11.5.